The lowest BCUT2D eigenvalue weighted by molar-refractivity contribution is 0.0984. The summed E-state index contributed by atoms with van der Waals surface area (Å²) in [5.74, 6) is -0.476. The number of carbonyl (C=O) groups excluding carboxylic acids is 2. The molecule has 1 aromatic heterocycles. The van der Waals surface area contributed by atoms with E-state index in [2.05, 4.69) is 5.32 Å². The van der Waals surface area contributed by atoms with E-state index in [1.54, 1.807) is 9.80 Å². The summed E-state index contributed by atoms with van der Waals surface area (Å²) in [7, 11) is 1.89. The molecule has 0 aliphatic carbocycles. The van der Waals surface area contributed by atoms with Gasteiger partial charge < -0.3 is 15.1 Å². The Labute approximate surface area is 215 Å². The van der Waals surface area contributed by atoms with Crippen LogP contribution in [0.1, 0.15) is 32.9 Å². The number of nitrogens with zero attached hydrogens (tertiary/aromatic N) is 4. The molecule has 0 spiro atoms. The van der Waals surface area contributed by atoms with E-state index in [0.29, 0.717) is 30.8 Å². The Balaban J connectivity index is 1.41. The minimum atomic E-state index is -0.358. The quantitative estimate of drug-likeness (QED) is 0.407. The van der Waals surface area contributed by atoms with Gasteiger partial charge in [0.15, 0.2) is 0 Å². The van der Waals surface area contributed by atoms with Crippen molar-refractivity contribution in [2.75, 3.05) is 16.8 Å². The van der Waals surface area contributed by atoms with Gasteiger partial charge in [-0.3, -0.25) is 9.48 Å². The first kappa shape index (κ1) is 24.2. The van der Waals surface area contributed by atoms with Crippen molar-refractivity contribution < 1.29 is 14.0 Å². The molecule has 3 aromatic carbocycles. The van der Waals surface area contributed by atoms with E-state index in [0.717, 1.165) is 28.2 Å². The number of aromatic nitrogens is 2. The molecule has 188 valence electrons. The number of aryl methyl sites for hydroxylation is 2. The highest BCUT2D eigenvalue weighted by atomic mass is 19.1. The molecule has 0 saturated carbocycles. The van der Waals surface area contributed by atoms with Gasteiger partial charge in [0.25, 0.3) is 5.91 Å². The number of fused-ring (bicyclic) bond motifs is 1. The van der Waals surface area contributed by atoms with Crippen LogP contribution in [0.4, 0.5) is 20.6 Å². The molecule has 0 fully saturated rings. The molecule has 1 aliphatic heterocycles. The van der Waals surface area contributed by atoms with Gasteiger partial charge in [-0.05, 0) is 55.5 Å². The van der Waals surface area contributed by atoms with E-state index < -0.39 is 0 Å². The molecule has 0 unspecified atom stereocenters. The Kier molecular flexibility index (Phi) is 6.72. The number of amides is 3. The van der Waals surface area contributed by atoms with Crippen LogP contribution in [0.2, 0.25) is 0 Å². The Morgan fingerprint density at radius 3 is 2.41 bits per heavy atom. The Hall–Kier alpha value is -4.46. The maximum Gasteiger partial charge on any atom is 0.322 e. The second kappa shape index (κ2) is 10.3. The third-order valence-electron chi connectivity index (χ3n) is 6.63. The predicted molar refractivity (Wildman–Crippen MR) is 141 cm³/mol. The number of para-hydroxylation sites is 1. The molecular weight excluding hydrogens is 469 g/mol. The molecule has 0 saturated heterocycles. The summed E-state index contributed by atoms with van der Waals surface area (Å²) in [6.07, 6.45) is 0.646. The first-order valence-electron chi connectivity index (χ1n) is 12.2. The normalized spacial score (nSPS) is 12.7. The zero-order chi connectivity index (χ0) is 25.9. The number of rotatable bonds is 5. The molecule has 5 rings (SSSR count). The van der Waals surface area contributed by atoms with Crippen molar-refractivity contribution in [1.82, 2.24) is 14.7 Å². The van der Waals surface area contributed by atoms with E-state index in [1.807, 2.05) is 73.3 Å². The molecule has 7 nitrogen and oxygen atoms in total. The van der Waals surface area contributed by atoms with Crippen LogP contribution >= 0.6 is 0 Å². The topological polar surface area (TPSA) is 70.5 Å². The Morgan fingerprint density at radius 2 is 1.70 bits per heavy atom. The first-order valence-corrected chi connectivity index (χ1v) is 12.2. The highest BCUT2D eigenvalue weighted by Gasteiger charge is 2.29. The molecule has 0 bridgehead atoms. The summed E-state index contributed by atoms with van der Waals surface area (Å²) < 4.78 is 15.1. The number of halogens is 1. The fourth-order valence-corrected chi connectivity index (χ4v) is 4.60. The molecule has 0 radical (unpaired) electrons. The fraction of sp³-hybridized carbons (Fsp3) is 0.207. The van der Waals surface area contributed by atoms with E-state index >= 15 is 0 Å². The van der Waals surface area contributed by atoms with Crippen molar-refractivity contribution in [2.45, 2.75) is 26.4 Å². The number of urea groups is 1. The van der Waals surface area contributed by atoms with Crippen LogP contribution in [0.25, 0.3) is 0 Å². The average Bonchev–Trinajstić information content (AvgIpc) is 3.23. The molecule has 3 amide bonds. The van der Waals surface area contributed by atoms with Crippen molar-refractivity contribution in [3.8, 4) is 0 Å². The zero-order valence-electron chi connectivity index (χ0n) is 20.8. The van der Waals surface area contributed by atoms with Crippen LogP contribution in [0.5, 0.6) is 0 Å². The Bertz CT molecular complexity index is 1420. The molecule has 1 N–H and O–H groups in total. The Morgan fingerprint density at radius 1 is 1.00 bits per heavy atom. The summed E-state index contributed by atoms with van der Waals surface area (Å²) in [6.45, 7) is 3.16. The minimum Gasteiger partial charge on any atom is -0.320 e. The van der Waals surface area contributed by atoms with Gasteiger partial charge in [0.05, 0.1) is 18.8 Å². The lowest BCUT2D eigenvalue weighted by Crippen LogP contribution is -2.39. The molecule has 4 aromatic rings. The van der Waals surface area contributed by atoms with Crippen LogP contribution in [-0.4, -0.2) is 33.2 Å². The smallest absolute Gasteiger partial charge is 0.320 e. The van der Waals surface area contributed by atoms with Crippen LogP contribution < -0.4 is 10.2 Å². The van der Waals surface area contributed by atoms with E-state index in [4.69, 9.17) is 5.10 Å². The van der Waals surface area contributed by atoms with E-state index in [9.17, 15) is 14.0 Å². The summed E-state index contributed by atoms with van der Waals surface area (Å²) in [6, 6.07) is 22.5. The summed E-state index contributed by atoms with van der Waals surface area (Å²) in [5, 5.41) is 7.59. The van der Waals surface area contributed by atoms with Crippen LogP contribution in [-0.2, 0) is 26.6 Å². The van der Waals surface area contributed by atoms with Crippen molar-refractivity contribution in [3.05, 3.63) is 113 Å². The fourth-order valence-electron chi connectivity index (χ4n) is 4.60. The van der Waals surface area contributed by atoms with Crippen molar-refractivity contribution in [3.63, 3.8) is 0 Å². The molecular formula is C29H28FN5O2. The average molecular weight is 498 g/mol. The lowest BCUT2D eigenvalue weighted by atomic mass is 10.0. The standard InChI is InChI=1S/C29H28FN5O2/c1-20-8-10-21(11-9-20)28(36)35(24-6-4-3-5-7-24)19-26-25-18-34(17-16-27(25)33(2)32-26)29(37)31-23-14-12-22(30)13-15-23/h3-15H,16-19H2,1-2H3,(H,31,37). The maximum atomic E-state index is 13.6. The second-order valence-corrected chi connectivity index (χ2v) is 9.20. The monoisotopic (exact) mass is 497 g/mol. The summed E-state index contributed by atoms with van der Waals surface area (Å²) in [5.41, 5.74) is 5.73. The third-order valence-corrected chi connectivity index (χ3v) is 6.63. The van der Waals surface area contributed by atoms with Crippen molar-refractivity contribution >= 4 is 23.3 Å². The number of hydrogen-bond acceptors (Lipinski definition) is 3. The van der Waals surface area contributed by atoms with Crippen LogP contribution in [0.15, 0.2) is 78.9 Å². The van der Waals surface area contributed by atoms with Gasteiger partial charge in [0.2, 0.25) is 0 Å². The number of hydrogen-bond donors (Lipinski definition) is 1. The SMILES string of the molecule is Cc1ccc(C(=O)N(Cc2nn(C)c3c2CN(C(=O)Nc2ccc(F)cc2)CC3)c2ccccc2)cc1. The highest BCUT2D eigenvalue weighted by molar-refractivity contribution is 6.06. The van der Waals surface area contributed by atoms with E-state index in [-0.39, 0.29) is 24.3 Å². The largest absolute Gasteiger partial charge is 0.322 e. The van der Waals surface area contributed by atoms with Gasteiger partial charge in [-0.25, -0.2) is 9.18 Å². The maximum absolute atomic E-state index is 13.6. The molecule has 37 heavy (non-hydrogen) atoms. The predicted octanol–water partition coefficient (Wildman–Crippen LogP) is 5.30. The number of anilines is 2. The highest BCUT2D eigenvalue weighted by Crippen LogP contribution is 2.27. The summed E-state index contributed by atoms with van der Waals surface area (Å²) >= 11 is 0. The number of benzene rings is 3. The van der Waals surface area contributed by atoms with Crippen molar-refractivity contribution in [2.24, 2.45) is 7.05 Å². The third kappa shape index (κ3) is 5.23. The number of nitrogens with one attached hydrogen (secondary N) is 1. The van der Waals surface area contributed by atoms with Crippen LogP contribution in [0.3, 0.4) is 0 Å². The van der Waals surface area contributed by atoms with Gasteiger partial charge in [-0.1, -0.05) is 35.9 Å². The van der Waals surface area contributed by atoms with Gasteiger partial charge in [0, 0.05) is 48.2 Å². The van der Waals surface area contributed by atoms with Gasteiger partial charge in [0.1, 0.15) is 5.82 Å². The van der Waals surface area contributed by atoms with Crippen molar-refractivity contribution in [1.29, 1.82) is 0 Å². The molecule has 2 heterocycles. The van der Waals surface area contributed by atoms with E-state index in [1.165, 1.54) is 24.3 Å². The van der Waals surface area contributed by atoms with Gasteiger partial charge >= 0.3 is 6.03 Å². The molecule has 0 atom stereocenters. The second-order valence-electron chi connectivity index (χ2n) is 9.20. The van der Waals surface area contributed by atoms with Gasteiger partial charge in [-0.2, -0.15) is 5.10 Å². The first-order chi connectivity index (χ1) is 17.9. The number of carbonyl (C=O) groups is 2. The molecule has 1 aliphatic rings. The summed E-state index contributed by atoms with van der Waals surface area (Å²) in [4.78, 5) is 30.0. The zero-order valence-corrected chi connectivity index (χ0v) is 20.8. The lowest BCUT2D eigenvalue weighted by Gasteiger charge is -2.29. The van der Waals surface area contributed by atoms with Crippen LogP contribution in [0, 0.1) is 12.7 Å². The minimum absolute atomic E-state index is 0.118. The van der Waals surface area contributed by atoms with Gasteiger partial charge in [-0.15, -0.1) is 0 Å². The molecule has 8 heteroatoms.